The number of aromatic nitrogens is 3. The molecule has 3 aromatic rings. The molecule has 0 bridgehead atoms. The summed E-state index contributed by atoms with van der Waals surface area (Å²) >= 11 is 6.22. The highest BCUT2D eigenvalue weighted by molar-refractivity contribution is 6.32. The molecule has 1 saturated heterocycles. The second-order valence-corrected chi connectivity index (χ2v) is 7.50. The lowest BCUT2D eigenvalue weighted by atomic mass is 10.1. The van der Waals surface area contributed by atoms with Crippen molar-refractivity contribution in [2.24, 2.45) is 0 Å². The van der Waals surface area contributed by atoms with Crippen LogP contribution in [0.1, 0.15) is 16.8 Å². The third-order valence-corrected chi connectivity index (χ3v) is 5.46. The van der Waals surface area contributed by atoms with E-state index >= 15 is 0 Å². The summed E-state index contributed by atoms with van der Waals surface area (Å²) in [6.45, 7) is 0.809. The van der Waals surface area contributed by atoms with Gasteiger partial charge in [0, 0.05) is 37.2 Å². The summed E-state index contributed by atoms with van der Waals surface area (Å²) in [4.78, 5) is 30.5. The lowest BCUT2D eigenvalue weighted by Gasteiger charge is -2.29. The topological polar surface area (TPSA) is 89.8 Å². The van der Waals surface area contributed by atoms with Crippen molar-refractivity contribution in [2.75, 3.05) is 27.3 Å². The van der Waals surface area contributed by atoms with Crippen LogP contribution < -0.4 is 9.47 Å². The molecule has 0 atom stereocenters. The summed E-state index contributed by atoms with van der Waals surface area (Å²) in [5.41, 5.74) is 1.76. The maximum Gasteiger partial charge on any atom is 0.280 e. The molecule has 0 aliphatic carbocycles. The number of amides is 2. The summed E-state index contributed by atoms with van der Waals surface area (Å²) in [6, 6.07) is 8.74. The van der Waals surface area contributed by atoms with Gasteiger partial charge in [0.05, 0.1) is 24.9 Å². The number of hydrogen-bond donors (Lipinski definition) is 0. The van der Waals surface area contributed by atoms with Gasteiger partial charge in [-0.25, -0.2) is 10.0 Å². The number of carbonyl (C=O) groups is 2. The minimum absolute atomic E-state index is 0.00609. The van der Waals surface area contributed by atoms with Gasteiger partial charge in [0.1, 0.15) is 17.9 Å². The number of nitrogens with zero attached hydrogens (tertiary/aromatic N) is 5. The Kier molecular flexibility index (Phi) is 6.27. The summed E-state index contributed by atoms with van der Waals surface area (Å²) in [5.74, 6) is -0.132. The minimum Gasteiger partial charge on any atom is -0.496 e. The third kappa shape index (κ3) is 4.11. The summed E-state index contributed by atoms with van der Waals surface area (Å²) in [5, 5.41) is 7.59. The molecule has 9 nitrogen and oxygen atoms in total. The molecule has 1 aromatic carbocycles. The Balaban J connectivity index is 1.54. The van der Waals surface area contributed by atoms with Crippen molar-refractivity contribution < 1.29 is 19.1 Å². The molecular formula is C22H22ClN5O4. The maximum atomic E-state index is 13.4. The monoisotopic (exact) mass is 455 g/mol. The molecule has 0 radical (unpaired) electrons. The highest BCUT2D eigenvalue weighted by atomic mass is 35.5. The zero-order valence-corrected chi connectivity index (χ0v) is 18.5. The summed E-state index contributed by atoms with van der Waals surface area (Å²) < 4.78 is 12.3. The second kappa shape index (κ2) is 9.27. The molecule has 10 heteroatoms. The Morgan fingerprint density at radius 3 is 2.62 bits per heavy atom. The molecule has 32 heavy (non-hydrogen) atoms. The number of hydrogen-bond acceptors (Lipinski definition) is 6. The highest BCUT2D eigenvalue weighted by Crippen LogP contribution is 2.37. The first-order valence-electron chi connectivity index (χ1n) is 10.00. The fourth-order valence-corrected chi connectivity index (χ4v) is 3.90. The van der Waals surface area contributed by atoms with Crippen molar-refractivity contribution in [3.05, 3.63) is 59.5 Å². The lowest BCUT2D eigenvalue weighted by molar-refractivity contribution is -0.141. The fraction of sp³-hybridized carbons (Fsp3) is 0.273. The first-order chi connectivity index (χ1) is 15.5. The lowest BCUT2D eigenvalue weighted by Crippen LogP contribution is -2.46. The SMILES string of the molecule is COc1ccc(Cl)c(OC)c1C(=O)N1CCCN1C(=O)Cn1ccc(-c2cccnc2)n1. The Bertz CT molecular complexity index is 1130. The van der Waals surface area contributed by atoms with E-state index in [2.05, 4.69) is 10.1 Å². The minimum atomic E-state index is -0.413. The molecule has 0 spiro atoms. The first kappa shape index (κ1) is 21.6. The quantitative estimate of drug-likeness (QED) is 0.567. The Hall–Kier alpha value is -3.59. The normalized spacial score (nSPS) is 13.3. The first-order valence-corrected chi connectivity index (χ1v) is 10.4. The Labute approximate surface area is 190 Å². The van der Waals surface area contributed by atoms with Crippen LogP contribution in [0.4, 0.5) is 0 Å². The molecule has 0 saturated carbocycles. The van der Waals surface area contributed by atoms with Crippen molar-refractivity contribution in [1.29, 1.82) is 0 Å². The van der Waals surface area contributed by atoms with E-state index in [0.29, 0.717) is 31.0 Å². The number of rotatable bonds is 6. The molecule has 2 aromatic heterocycles. The number of hydrazine groups is 1. The van der Waals surface area contributed by atoms with Gasteiger partial charge in [-0.2, -0.15) is 5.10 Å². The van der Waals surface area contributed by atoms with E-state index in [0.717, 1.165) is 5.56 Å². The van der Waals surface area contributed by atoms with Crippen molar-refractivity contribution in [2.45, 2.75) is 13.0 Å². The van der Waals surface area contributed by atoms with Crippen molar-refractivity contribution in [3.8, 4) is 22.8 Å². The number of ether oxygens (including phenoxy) is 2. The zero-order valence-electron chi connectivity index (χ0n) is 17.7. The van der Waals surface area contributed by atoms with Gasteiger partial charge in [-0.1, -0.05) is 11.6 Å². The molecule has 0 N–H and O–H groups in total. The molecule has 1 aliphatic rings. The van der Waals surface area contributed by atoms with Crippen LogP contribution in [-0.2, 0) is 11.3 Å². The van der Waals surface area contributed by atoms with Gasteiger partial charge >= 0.3 is 0 Å². The van der Waals surface area contributed by atoms with Crippen LogP contribution in [0.3, 0.4) is 0 Å². The smallest absolute Gasteiger partial charge is 0.280 e. The van der Waals surface area contributed by atoms with Gasteiger partial charge in [-0.15, -0.1) is 0 Å². The average Bonchev–Trinajstić information content (AvgIpc) is 3.49. The molecule has 0 unspecified atom stereocenters. The van der Waals surface area contributed by atoms with E-state index in [4.69, 9.17) is 21.1 Å². The molecular weight excluding hydrogens is 434 g/mol. The van der Waals surface area contributed by atoms with Crippen LogP contribution in [0.25, 0.3) is 11.3 Å². The van der Waals surface area contributed by atoms with Gasteiger partial charge in [-0.3, -0.25) is 19.3 Å². The van der Waals surface area contributed by atoms with E-state index in [1.807, 2.05) is 18.2 Å². The standard InChI is InChI=1S/C22H22ClN5O4/c1-31-18-7-6-16(23)21(32-2)20(18)22(30)28-11-4-10-27(28)19(29)14-26-12-8-17(25-26)15-5-3-9-24-13-15/h3,5-9,12-13H,4,10-11,14H2,1-2H3. The number of halogens is 1. The van der Waals surface area contributed by atoms with Crippen LogP contribution >= 0.6 is 11.6 Å². The predicted octanol–water partition coefficient (Wildman–Crippen LogP) is 2.91. The van der Waals surface area contributed by atoms with Crippen LogP contribution in [-0.4, -0.2) is 63.9 Å². The predicted molar refractivity (Wildman–Crippen MR) is 117 cm³/mol. The summed E-state index contributed by atoms with van der Waals surface area (Å²) in [6.07, 6.45) is 5.78. The Morgan fingerprint density at radius 1 is 1.09 bits per heavy atom. The van der Waals surface area contributed by atoms with Gasteiger partial charge in [0.25, 0.3) is 11.8 Å². The van der Waals surface area contributed by atoms with Gasteiger partial charge < -0.3 is 9.47 Å². The number of carbonyl (C=O) groups excluding carboxylic acids is 2. The molecule has 1 aliphatic heterocycles. The van der Waals surface area contributed by atoms with Crippen LogP contribution in [0.15, 0.2) is 48.9 Å². The van der Waals surface area contributed by atoms with E-state index in [9.17, 15) is 9.59 Å². The largest absolute Gasteiger partial charge is 0.496 e. The zero-order chi connectivity index (χ0) is 22.7. The third-order valence-electron chi connectivity index (χ3n) is 5.16. The van der Waals surface area contributed by atoms with E-state index in [1.165, 1.54) is 24.2 Å². The van der Waals surface area contributed by atoms with Crippen LogP contribution in [0.2, 0.25) is 5.02 Å². The number of benzene rings is 1. The van der Waals surface area contributed by atoms with E-state index in [1.54, 1.807) is 35.4 Å². The summed E-state index contributed by atoms with van der Waals surface area (Å²) in [7, 11) is 2.89. The molecule has 4 rings (SSSR count). The van der Waals surface area contributed by atoms with Crippen LogP contribution in [0.5, 0.6) is 11.5 Å². The number of methoxy groups -OCH3 is 2. The molecule has 1 fully saturated rings. The van der Waals surface area contributed by atoms with Crippen molar-refractivity contribution >= 4 is 23.4 Å². The van der Waals surface area contributed by atoms with Gasteiger partial charge in [-0.05, 0) is 36.8 Å². The van der Waals surface area contributed by atoms with Gasteiger partial charge in [0.15, 0.2) is 5.75 Å². The fourth-order valence-electron chi connectivity index (χ4n) is 3.66. The van der Waals surface area contributed by atoms with Crippen molar-refractivity contribution in [1.82, 2.24) is 24.8 Å². The molecule has 166 valence electrons. The average molecular weight is 456 g/mol. The highest BCUT2D eigenvalue weighted by Gasteiger charge is 2.35. The molecule has 3 heterocycles. The Morgan fingerprint density at radius 2 is 1.91 bits per heavy atom. The van der Waals surface area contributed by atoms with E-state index in [-0.39, 0.29) is 28.8 Å². The van der Waals surface area contributed by atoms with Crippen LogP contribution in [0, 0.1) is 0 Å². The van der Waals surface area contributed by atoms with Crippen molar-refractivity contribution in [3.63, 3.8) is 0 Å². The number of pyridine rings is 1. The van der Waals surface area contributed by atoms with E-state index < -0.39 is 5.91 Å². The second-order valence-electron chi connectivity index (χ2n) is 7.10. The van der Waals surface area contributed by atoms with Gasteiger partial charge in [0.2, 0.25) is 0 Å². The molecule has 2 amide bonds. The maximum absolute atomic E-state index is 13.4.